The van der Waals surface area contributed by atoms with Crippen LogP contribution in [0.2, 0.25) is 5.02 Å². The molecule has 1 atom stereocenters. The predicted molar refractivity (Wildman–Crippen MR) is 55.3 cm³/mol. The number of benzene rings is 1. The lowest BCUT2D eigenvalue weighted by molar-refractivity contribution is -0.0504. The smallest absolute Gasteiger partial charge is 0.387 e. The average molecular weight is 231 g/mol. The fourth-order valence-electron chi connectivity index (χ4n) is 1.15. The van der Waals surface area contributed by atoms with Crippen molar-refractivity contribution >= 4 is 11.6 Å². The second-order valence-corrected chi connectivity index (χ2v) is 3.39. The summed E-state index contributed by atoms with van der Waals surface area (Å²) >= 11 is 5.74. The van der Waals surface area contributed by atoms with Gasteiger partial charge in [-0.05, 0) is 25.1 Å². The molecule has 0 radical (unpaired) electrons. The number of halogens is 3. The Morgan fingerprint density at radius 3 is 2.67 bits per heavy atom. The standard InChI is InChI=1S/C11H9ClF2O/c1-3-7(2)9-6-8(12)4-5-10(9)15-11(13)14/h1,4-7,11H,2H3. The summed E-state index contributed by atoms with van der Waals surface area (Å²) < 4.78 is 28.5. The second-order valence-electron chi connectivity index (χ2n) is 2.95. The number of alkyl halides is 2. The van der Waals surface area contributed by atoms with Crippen LogP contribution >= 0.6 is 11.6 Å². The zero-order valence-electron chi connectivity index (χ0n) is 8.01. The molecule has 0 N–H and O–H groups in total. The van der Waals surface area contributed by atoms with Gasteiger partial charge in [0.05, 0.1) is 0 Å². The van der Waals surface area contributed by atoms with Crippen LogP contribution in [0.1, 0.15) is 18.4 Å². The van der Waals surface area contributed by atoms with E-state index in [1.54, 1.807) is 6.92 Å². The van der Waals surface area contributed by atoms with Gasteiger partial charge in [0.1, 0.15) is 5.75 Å². The molecule has 0 heterocycles. The van der Waals surface area contributed by atoms with Crippen molar-refractivity contribution in [3.05, 3.63) is 28.8 Å². The zero-order chi connectivity index (χ0) is 11.4. The first-order valence-corrected chi connectivity index (χ1v) is 4.62. The van der Waals surface area contributed by atoms with Crippen LogP contribution in [0.3, 0.4) is 0 Å². The summed E-state index contributed by atoms with van der Waals surface area (Å²) in [7, 11) is 0. The van der Waals surface area contributed by atoms with E-state index in [0.29, 0.717) is 10.6 Å². The SMILES string of the molecule is C#CC(C)c1cc(Cl)ccc1OC(F)F. The van der Waals surface area contributed by atoms with Crippen LogP contribution in [-0.2, 0) is 0 Å². The first kappa shape index (κ1) is 11.8. The summed E-state index contributed by atoms with van der Waals surface area (Å²) in [6, 6.07) is 4.40. The van der Waals surface area contributed by atoms with E-state index >= 15 is 0 Å². The Morgan fingerprint density at radius 1 is 1.47 bits per heavy atom. The van der Waals surface area contributed by atoms with Crippen LogP contribution in [0.15, 0.2) is 18.2 Å². The van der Waals surface area contributed by atoms with Gasteiger partial charge in [-0.25, -0.2) is 0 Å². The fourth-order valence-corrected chi connectivity index (χ4v) is 1.33. The van der Waals surface area contributed by atoms with Crippen LogP contribution in [-0.4, -0.2) is 6.61 Å². The number of hydrogen-bond donors (Lipinski definition) is 0. The highest BCUT2D eigenvalue weighted by atomic mass is 35.5. The van der Waals surface area contributed by atoms with Gasteiger partial charge >= 0.3 is 6.61 Å². The monoisotopic (exact) mass is 230 g/mol. The average Bonchev–Trinajstić information content (AvgIpc) is 2.19. The highest BCUT2D eigenvalue weighted by molar-refractivity contribution is 6.30. The molecule has 0 aliphatic rings. The van der Waals surface area contributed by atoms with E-state index < -0.39 is 6.61 Å². The number of rotatable bonds is 3. The van der Waals surface area contributed by atoms with Gasteiger partial charge in [-0.1, -0.05) is 17.5 Å². The van der Waals surface area contributed by atoms with E-state index in [2.05, 4.69) is 10.7 Å². The molecule has 0 aliphatic carbocycles. The molecular weight excluding hydrogens is 222 g/mol. The van der Waals surface area contributed by atoms with Gasteiger partial charge in [0.15, 0.2) is 0 Å². The summed E-state index contributed by atoms with van der Waals surface area (Å²) in [5.74, 6) is 2.19. The Hall–Kier alpha value is -1.27. The van der Waals surface area contributed by atoms with Crippen molar-refractivity contribution in [1.29, 1.82) is 0 Å². The molecule has 0 saturated heterocycles. The van der Waals surface area contributed by atoms with E-state index in [4.69, 9.17) is 18.0 Å². The Kier molecular flexibility index (Phi) is 3.93. The molecular formula is C11H9ClF2O. The second kappa shape index (κ2) is 4.99. The van der Waals surface area contributed by atoms with Crippen molar-refractivity contribution in [2.75, 3.05) is 0 Å². The molecule has 0 saturated carbocycles. The molecule has 0 amide bonds. The molecule has 15 heavy (non-hydrogen) atoms. The fraction of sp³-hybridized carbons (Fsp3) is 0.273. The first-order chi connectivity index (χ1) is 7.04. The van der Waals surface area contributed by atoms with Crippen LogP contribution < -0.4 is 4.74 Å². The quantitative estimate of drug-likeness (QED) is 0.720. The topological polar surface area (TPSA) is 9.23 Å². The maximum absolute atomic E-state index is 12.1. The Morgan fingerprint density at radius 2 is 2.13 bits per heavy atom. The molecule has 1 aromatic rings. The van der Waals surface area contributed by atoms with Crippen LogP contribution in [0.5, 0.6) is 5.75 Å². The van der Waals surface area contributed by atoms with Crippen molar-refractivity contribution < 1.29 is 13.5 Å². The third-order valence-corrected chi connectivity index (χ3v) is 2.14. The zero-order valence-corrected chi connectivity index (χ0v) is 8.76. The summed E-state index contributed by atoms with van der Waals surface area (Å²) in [5, 5.41) is 0.439. The molecule has 1 rings (SSSR count). The van der Waals surface area contributed by atoms with Gasteiger partial charge in [-0.15, -0.1) is 6.42 Å². The number of terminal acetylenes is 1. The van der Waals surface area contributed by atoms with Gasteiger partial charge in [0.2, 0.25) is 0 Å². The van der Waals surface area contributed by atoms with Gasteiger partial charge in [-0.2, -0.15) is 8.78 Å². The van der Waals surface area contributed by atoms with E-state index in [1.165, 1.54) is 18.2 Å². The van der Waals surface area contributed by atoms with E-state index in [-0.39, 0.29) is 11.7 Å². The summed E-state index contributed by atoms with van der Waals surface area (Å²) in [6.07, 6.45) is 5.22. The minimum atomic E-state index is -2.87. The number of hydrogen-bond acceptors (Lipinski definition) is 1. The third kappa shape index (κ3) is 3.10. The minimum Gasteiger partial charge on any atom is -0.434 e. The van der Waals surface area contributed by atoms with Crippen molar-refractivity contribution in [3.63, 3.8) is 0 Å². The Labute approximate surface area is 92.0 Å². The molecule has 1 aromatic carbocycles. The maximum Gasteiger partial charge on any atom is 0.387 e. The van der Waals surface area contributed by atoms with Gasteiger partial charge in [0, 0.05) is 16.5 Å². The van der Waals surface area contributed by atoms with Gasteiger partial charge in [0.25, 0.3) is 0 Å². The molecule has 0 aromatic heterocycles. The molecule has 0 spiro atoms. The molecule has 0 fully saturated rings. The van der Waals surface area contributed by atoms with Crippen molar-refractivity contribution in [2.24, 2.45) is 0 Å². The Bertz CT molecular complexity index is 385. The predicted octanol–water partition coefficient (Wildman–Crippen LogP) is 3.68. The van der Waals surface area contributed by atoms with E-state index in [9.17, 15) is 8.78 Å². The lowest BCUT2D eigenvalue weighted by atomic mass is 10.0. The van der Waals surface area contributed by atoms with Crippen LogP contribution in [0.4, 0.5) is 8.78 Å². The lowest BCUT2D eigenvalue weighted by Gasteiger charge is -2.12. The molecule has 1 nitrogen and oxygen atoms in total. The maximum atomic E-state index is 12.1. The van der Waals surface area contributed by atoms with E-state index in [1.807, 2.05) is 0 Å². The number of ether oxygens (including phenoxy) is 1. The Balaban J connectivity index is 3.09. The normalized spacial score (nSPS) is 12.3. The molecule has 80 valence electrons. The van der Waals surface area contributed by atoms with Crippen molar-refractivity contribution in [1.82, 2.24) is 0 Å². The van der Waals surface area contributed by atoms with E-state index in [0.717, 1.165) is 0 Å². The minimum absolute atomic E-state index is 0.0693. The van der Waals surface area contributed by atoms with Crippen LogP contribution in [0.25, 0.3) is 0 Å². The third-order valence-electron chi connectivity index (χ3n) is 1.90. The highest BCUT2D eigenvalue weighted by Gasteiger charge is 2.13. The highest BCUT2D eigenvalue weighted by Crippen LogP contribution is 2.30. The molecule has 0 aliphatic heterocycles. The summed E-state index contributed by atoms with van der Waals surface area (Å²) in [4.78, 5) is 0. The molecule has 0 bridgehead atoms. The van der Waals surface area contributed by atoms with Crippen molar-refractivity contribution in [3.8, 4) is 18.1 Å². The molecule has 4 heteroatoms. The summed E-state index contributed by atoms with van der Waals surface area (Å²) in [5.41, 5.74) is 0.491. The van der Waals surface area contributed by atoms with Crippen LogP contribution in [0, 0.1) is 12.3 Å². The van der Waals surface area contributed by atoms with Gasteiger partial charge < -0.3 is 4.74 Å². The summed E-state index contributed by atoms with van der Waals surface area (Å²) in [6.45, 7) is -1.15. The first-order valence-electron chi connectivity index (χ1n) is 4.25. The molecule has 1 unspecified atom stereocenters. The lowest BCUT2D eigenvalue weighted by Crippen LogP contribution is -2.05. The van der Waals surface area contributed by atoms with Crippen molar-refractivity contribution in [2.45, 2.75) is 19.5 Å². The van der Waals surface area contributed by atoms with Gasteiger partial charge in [-0.3, -0.25) is 0 Å². The largest absolute Gasteiger partial charge is 0.434 e.